The molecular weight excluding hydrogens is 1430 g/mol. The largest absolute Gasteiger partial charge is 0.306 e. The molecule has 0 N–H and O–H groups in total. The lowest BCUT2D eigenvalue weighted by molar-refractivity contribution is 1.09. The Bertz CT molecular complexity index is 6410. The summed E-state index contributed by atoms with van der Waals surface area (Å²) in [5.41, 5.74) is 29.4. The van der Waals surface area contributed by atoms with Crippen molar-refractivity contribution < 1.29 is 0 Å². The van der Waals surface area contributed by atoms with Crippen molar-refractivity contribution in [1.29, 1.82) is 0 Å². The lowest BCUT2D eigenvalue weighted by atomic mass is 9.88. The molecule has 4 aromatic carbocycles. The zero-order valence-corrected chi connectivity index (χ0v) is 67.3. The highest BCUT2D eigenvalue weighted by Crippen LogP contribution is 2.59. The van der Waals surface area contributed by atoms with Gasteiger partial charge < -0.3 is 19.6 Å². The highest BCUT2D eigenvalue weighted by Gasteiger charge is 2.37. The first-order valence-corrected chi connectivity index (χ1v) is 39.0. The van der Waals surface area contributed by atoms with Gasteiger partial charge in [-0.1, -0.05) is 24.3 Å². The minimum absolute atomic E-state index is 0.642. The summed E-state index contributed by atoms with van der Waals surface area (Å²) in [6, 6.07) is 47.1. The number of fused-ring (bicyclic) bond motifs is 8. The molecule has 0 saturated carbocycles. The molecular formula is C96H78N20. The molecule has 0 saturated heterocycles. The zero-order chi connectivity index (χ0) is 79.7. The fourth-order valence-electron chi connectivity index (χ4n) is 18.8. The second-order valence-corrected chi connectivity index (χ2v) is 30.6. The maximum absolute atomic E-state index is 5.49. The third-order valence-corrected chi connectivity index (χ3v) is 23.9. The molecule has 0 bridgehead atoms. The Morgan fingerprint density at radius 3 is 0.448 bits per heavy atom. The Kier molecular flexibility index (Phi) is 16.2. The minimum atomic E-state index is 0.642. The summed E-state index contributed by atoms with van der Waals surface area (Å²) in [6.45, 7) is 34.4. The van der Waals surface area contributed by atoms with Gasteiger partial charge in [0.2, 0.25) is 0 Å². The number of pyridine rings is 16. The van der Waals surface area contributed by atoms with Gasteiger partial charge in [0.1, 0.15) is 0 Å². The summed E-state index contributed by atoms with van der Waals surface area (Å²) in [5.74, 6) is 0. The minimum Gasteiger partial charge on any atom is -0.306 e. The van der Waals surface area contributed by atoms with E-state index in [4.69, 9.17) is 79.7 Å². The van der Waals surface area contributed by atoms with Crippen molar-refractivity contribution in [3.8, 4) is 0 Å². The summed E-state index contributed by atoms with van der Waals surface area (Å²) in [4.78, 5) is 93.1. The van der Waals surface area contributed by atoms with Crippen molar-refractivity contribution in [2.24, 2.45) is 0 Å². The van der Waals surface area contributed by atoms with Crippen LogP contribution in [0.4, 0.5) is 68.2 Å². The third kappa shape index (κ3) is 10.5. The van der Waals surface area contributed by atoms with Crippen molar-refractivity contribution >= 4 is 189 Å². The fraction of sp³-hybridized carbons (Fsp3) is 0.167. The SMILES string of the molecule is Cc1nc2ncccc2c(C)c1N(c1c(C)nc2ncccc2c1C)c1cc(N(c2c(C)nc3ncccc3c2C)c2c(C)nc3ncccc3c2C)c2ccc3c(N(c4c(C)nc5ncccc5c4C)c4c(C)nc5ncccc5c4C)cc(N(c4c(C)nc5ncccc5c4C)c4c(C)nc5ncccc5c4C)c4ccc1c2c43. The molecule has 16 heterocycles. The number of aryl methyl sites for hydroxylation is 16. The summed E-state index contributed by atoms with van der Waals surface area (Å²) < 4.78 is 0. The highest BCUT2D eigenvalue weighted by molar-refractivity contribution is 6.34. The van der Waals surface area contributed by atoms with Gasteiger partial charge in [-0.2, -0.15) is 0 Å². The van der Waals surface area contributed by atoms with Crippen molar-refractivity contribution in [1.82, 2.24) is 79.7 Å². The van der Waals surface area contributed by atoms with Crippen LogP contribution in [0.3, 0.4) is 0 Å². The van der Waals surface area contributed by atoms with Crippen LogP contribution in [-0.2, 0) is 0 Å². The predicted molar refractivity (Wildman–Crippen MR) is 469 cm³/mol. The molecule has 562 valence electrons. The van der Waals surface area contributed by atoms with Crippen LogP contribution in [0.5, 0.6) is 0 Å². The van der Waals surface area contributed by atoms with Gasteiger partial charge in [0, 0.05) is 125 Å². The number of hydrogen-bond acceptors (Lipinski definition) is 20. The standard InChI is InChI=1S/C96H78N20/c1-47-63-25-17-37-97-89(63)105-55(9)81(47)113(82-48(2)64-26-18-38-98-90(64)106-56(82)10)75-45-76(114(83-49(3)65-27-19-39-99-91(65)107-57(83)11)84-50(4)66-28-20-40-100-92(66)108-58(84)12)72-35-36-74-78(116(87-53(7)69-31-23-43-103-95(69)111-61(87)15)88-54(8)70-32-24-44-104-96(70)112-62(88)16)46-77(73-34-33-71(75)79(72)80(73)74)115(85-51(5)67-29-21-41-101-93(67)109-59(85)13)86-52(6)68-30-22-42-102-94(68)110-60(86)14/h17-46H,1-16H3. The first-order chi connectivity index (χ1) is 56.2. The maximum Gasteiger partial charge on any atom is 0.159 e. The number of rotatable bonds is 12. The van der Waals surface area contributed by atoms with Gasteiger partial charge in [-0.3, -0.25) is 0 Å². The first-order valence-electron chi connectivity index (χ1n) is 39.0. The average Bonchev–Trinajstić information content (AvgIpc) is 0.689. The molecule has 0 aliphatic heterocycles. The smallest absolute Gasteiger partial charge is 0.159 e. The number of anilines is 12. The molecule has 0 fully saturated rings. The molecule has 0 unspecified atom stereocenters. The lowest BCUT2D eigenvalue weighted by Crippen LogP contribution is -2.21. The van der Waals surface area contributed by atoms with Crippen LogP contribution in [0, 0.1) is 111 Å². The van der Waals surface area contributed by atoms with Crippen molar-refractivity contribution in [3.05, 3.63) is 273 Å². The second kappa shape index (κ2) is 26.6. The topological polar surface area (TPSA) is 219 Å². The predicted octanol–water partition coefficient (Wildman–Crippen LogP) is 22.9. The van der Waals surface area contributed by atoms with Crippen molar-refractivity contribution in [3.63, 3.8) is 0 Å². The van der Waals surface area contributed by atoms with Crippen LogP contribution in [0.25, 0.3) is 121 Å². The van der Waals surface area contributed by atoms with Crippen LogP contribution in [0.15, 0.2) is 183 Å². The third-order valence-electron chi connectivity index (χ3n) is 23.9. The summed E-state index contributed by atoms with van der Waals surface area (Å²) in [7, 11) is 0. The van der Waals surface area contributed by atoms with E-state index in [1.165, 1.54) is 0 Å². The second-order valence-electron chi connectivity index (χ2n) is 30.6. The number of hydrogen-bond donors (Lipinski definition) is 0. The molecule has 0 spiro atoms. The van der Waals surface area contributed by atoms with E-state index in [9.17, 15) is 0 Å². The van der Waals surface area contributed by atoms with E-state index >= 15 is 0 Å². The number of benzene rings is 4. The Balaban J connectivity index is 1.06. The average molecular weight is 1510 g/mol. The molecule has 20 rings (SSSR count). The van der Waals surface area contributed by atoms with E-state index < -0.39 is 0 Å². The van der Waals surface area contributed by atoms with Crippen LogP contribution >= 0.6 is 0 Å². The monoisotopic (exact) mass is 1510 g/mol. The molecule has 0 aliphatic rings. The molecule has 0 aliphatic carbocycles. The summed E-state index contributed by atoms with van der Waals surface area (Å²) >= 11 is 0. The number of nitrogens with zero attached hydrogens (tertiary/aromatic N) is 20. The molecule has 20 heteroatoms. The van der Waals surface area contributed by atoms with Gasteiger partial charge in [0.25, 0.3) is 0 Å². The van der Waals surface area contributed by atoms with Crippen molar-refractivity contribution in [2.75, 3.05) is 19.6 Å². The van der Waals surface area contributed by atoms with Gasteiger partial charge in [-0.05, 0) is 264 Å². The van der Waals surface area contributed by atoms with E-state index in [1.54, 1.807) is 0 Å². The molecule has 20 nitrogen and oxygen atoms in total. The molecule has 0 atom stereocenters. The zero-order valence-electron chi connectivity index (χ0n) is 67.3. The lowest BCUT2D eigenvalue weighted by Gasteiger charge is -2.37. The Morgan fingerprint density at radius 2 is 0.310 bits per heavy atom. The fourth-order valence-corrected chi connectivity index (χ4v) is 18.8. The molecule has 0 amide bonds. The molecule has 0 radical (unpaired) electrons. The highest BCUT2D eigenvalue weighted by atomic mass is 15.2. The summed E-state index contributed by atoms with van der Waals surface area (Å²) in [5, 5.41) is 12.9. The normalized spacial score (nSPS) is 12.0. The van der Waals surface area contributed by atoms with E-state index in [0.717, 1.165) is 234 Å². The van der Waals surface area contributed by atoms with Gasteiger partial charge in [-0.25, -0.2) is 79.7 Å². The Hall–Kier alpha value is -14.4. The molecule has 16 aromatic heterocycles. The van der Waals surface area contributed by atoms with E-state index in [0.29, 0.717) is 45.2 Å². The Morgan fingerprint density at radius 1 is 0.172 bits per heavy atom. The molecule has 20 aromatic rings. The van der Waals surface area contributed by atoms with Gasteiger partial charge in [-0.15, -0.1) is 0 Å². The maximum atomic E-state index is 5.49. The van der Waals surface area contributed by atoms with Crippen LogP contribution in [0.1, 0.15) is 90.1 Å². The van der Waals surface area contributed by atoms with Crippen LogP contribution < -0.4 is 19.6 Å². The Labute approximate surface area is 668 Å². The number of aromatic nitrogens is 16. The van der Waals surface area contributed by atoms with Gasteiger partial charge in [0.15, 0.2) is 45.2 Å². The quantitative estimate of drug-likeness (QED) is 0.104. The first kappa shape index (κ1) is 70.7. The van der Waals surface area contributed by atoms with Crippen LogP contribution in [0.2, 0.25) is 0 Å². The van der Waals surface area contributed by atoms with Gasteiger partial charge >= 0.3 is 0 Å². The summed E-state index contributed by atoms with van der Waals surface area (Å²) in [6.07, 6.45) is 14.5. The van der Waals surface area contributed by atoms with E-state index in [-0.39, 0.29) is 0 Å². The van der Waals surface area contributed by atoms with E-state index in [2.05, 4.69) is 215 Å². The van der Waals surface area contributed by atoms with Crippen LogP contribution in [-0.4, -0.2) is 79.7 Å². The van der Waals surface area contributed by atoms with Crippen molar-refractivity contribution in [2.45, 2.75) is 111 Å². The molecule has 116 heavy (non-hydrogen) atoms. The van der Waals surface area contributed by atoms with E-state index in [1.807, 2.05) is 98.1 Å². The van der Waals surface area contributed by atoms with Gasteiger partial charge in [0.05, 0.1) is 114 Å².